The van der Waals surface area contributed by atoms with Gasteiger partial charge in [-0.05, 0) is 65.8 Å². The lowest BCUT2D eigenvalue weighted by atomic mass is 10.0. The zero-order valence-corrected chi connectivity index (χ0v) is 17.3. The molecule has 0 spiro atoms. The van der Waals surface area contributed by atoms with Gasteiger partial charge in [-0.1, -0.05) is 0 Å². The first-order valence-electron chi connectivity index (χ1n) is 9.34. The molecule has 1 saturated carbocycles. The Balaban J connectivity index is 2.53. The van der Waals surface area contributed by atoms with Crippen molar-refractivity contribution in [3.8, 4) is 5.75 Å². The van der Waals surface area contributed by atoms with Crippen LogP contribution in [0.1, 0.15) is 60.2 Å². The summed E-state index contributed by atoms with van der Waals surface area (Å²) in [5.41, 5.74) is 1.11. The van der Waals surface area contributed by atoms with E-state index in [1.165, 1.54) is 18.2 Å². The van der Waals surface area contributed by atoms with Gasteiger partial charge in [-0.25, -0.2) is 9.10 Å². The highest BCUT2D eigenvalue weighted by Crippen LogP contribution is 2.35. The Hall–Kier alpha value is -1.93. The normalized spacial score (nSPS) is 14.4. The van der Waals surface area contributed by atoms with Gasteiger partial charge in [0, 0.05) is 25.2 Å². The molecule has 7 nitrogen and oxygen atoms in total. The average Bonchev–Trinajstić information content (AvgIpc) is 3.13. The van der Waals surface area contributed by atoms with Crippen LogP contribution in [0.15, 0.2) is 12.1 Å². The van der Waals surface area contributed by atoms with Gasteiger partial charge in [-0.2, -0.15) is 0 Å². The summed E-state index contributed by atoms with van der Waals surface area (Å²) in [4.78, 5) is 26.6. The molecular weight excluding hydrogens is 366 g/mol. The summed E-state index contributed by atoms with van der Waals surface area (Å²) in [6.45, 7) is 5.27. The second-order valence-corrected chi connectivity index (χ2v) is 7.82. The quantitative estimate of drug-likeness (QED) is 0.620. The van der Waals surface area contributed by atoms with Crippen molar-refractivity contribution in [3.63, 3.8) is 0 Å². The van der Waals surface area contributed by atoms with Gasteiger partial charge in [-0.15, -0.1) is 0 Å². The lowest BCUT2D eigenvalue weighted by molar-refractivity contribution is 0.0695. The summed E-state index contributed by atoms with van der Waals surface area (Å²) in [7, 11) is 3.67. The molecule has 0 aliphatic heterocycles. The van der Waals surface area contributed by atoms with Crippen LogP contribution in [-0.4, -0.2) is 54.6 Å². The number of ether oxygens (including phenoxy) is 1. The van der Waals surface area contributed by atoms with Crippen LogP contribution >= 0.6 is 12.1 Å². The number of amides is 1. The number of anilines is 1. The van der Waals surface area contributed by atoms with E-state index in [0.717, 1.165) is 25.7 Å². The summed E-state index contributed by atoms with van der Waals surface area (Å²) in [6, 6.07) is 3.04. The molecule has 8 heteroatoms. The molecule has 0 heterocycles. The van der Waals surface area contributed by atoms with Gasteiger partial charge >= 0.3 is 5.97 Å². The third-order valence-corrected chi connectivity index (χ3v) is 5.22. The third-order valence-electron chi connectivity index (χ3n) is 4.58. The molecule has 2 rings (SSSR count). The number of hydrogen-bond acceptors (Lipinski definition) is 6. The fourth-order valence-corrected chi connectivity index (χ4v) is 3.60. The Morgan fingerprint density at radius 2 is 1.85 bits per heavy atom. The van der Waals surface area contributed by atoms with E-state index in [1.54, 1.807) is 10.4 Å². The molecule has 27 heavy (non-hydrogen) atoms. The maximum atomic E-state index is 13.0. The minimum Gasteiger partial charge on any atom is -0.489 e. The summed E-state index contributed by atoms with van der Waals surface area (Å²) >= 11 is 1.18. The molecule has 1 fully saturated rings. The van der Waals surface area contributed by atoms with Crippen molar-refractivity contribution in [1.29, 1.82) is 0 Å². The molecule has 1 aliphatic carbocycles. The maximum Gasteiger partial charge on any atom is 0.335 e. The lowest BCUT2D eigenvalue weighted by Crippen LogP contribution is -2.29. The van der Waals surface area contributed by atoms with E-state index >= 15 is 0 Å². The minimum absolute atomic E-state index is 0.0200. The Labute approximate surface area is 165 Å². The Bertz CT molecular complexity index is 671. The number of aromatic carboxylic acids is 1. The largest absolute Gasteiger partial charge is 0.489 e. The van der Waals surface area contributed by atoms with Crippen molar-refractivity contribution in [2.75, 3.05) is 32.1 Å². The molecule has 1 aliphatic rings. The lowest BCUT2D eigenvalue weighted by Gasteiger charge is -2.27. The fourth-order valence-electron chi connectivity index (χ4n) is 3.23. The standard InChI is InChI=1S/C19H29N3O4S/c1-5-22(6-2)15-11-13(19(24)25)12-16(26-14-9-7-8-10-14)17(15)18(23)20-27-21(3)4/h11-12,14H,5-10H2,1-4H3,(H,20,23)(H,24,25). The number of nitrogens with one attached hydrogen (secondary N) is 1. The average molecular weight is 396 g/mol. The first-order valence-corrected chi connectivity index (χ1v) is 10.1. The molecule has 0 bridgehead atoms. The van der Waals surface area contributed by atoms with E-state index in [0.29, 0.717) is 30.1 Å². The minimum atomic E-state index is -1.03. The van der Waals surface area contributed by atoms with Gasteiger partial charge in [-0.3, -0.25) is 9.52 Å². The van der Waals surface area contributed by atoms with Crippen molar-refractivity contribution in [3.05, 3.63) is 23.3 Å². The molecule has 1 aromatic carbocycles. The Morgan fingerprint density at radius 1 is 1.22 bits per heavy atom. The number of carbonyl (C=O) groups excluding carboxylic acids is 1. The van der Waals surface area contributed by atoms with Crippen LogP contribution in [0, 0.1) is 0 Å². The number of carboxylic acid groups (broad SMARTS) is 1. The molecule has 0 saturated heterocycles. The molecule has 2 N–H and O–H groups in total. The summed E-state index contributed by atoms with van der Waals surface area (Å²) < 4.78 is 10.7. The highest BCUT2D eigenvalue weighted by Gasteiger charge is 2.27. The number of hydrogen-bond donors (Lipinski definition) is 2. The highest BCUT2D eigenvalue weighted by atomic mass is 32.2. The van der Waals surface area contributed by atoms with Gasteiger partial charge < -0.3 is 14.7 Å². The van der Waals surface area contributed by atoms with E-state index in [9.17, 15) is 14.7 Å². The van der Waals surface area contributed by atoms with Crippen LogP contribution in [0.5, 0.6) is 5.75 Å². The zero-order valence-electron chi connectivity index (χ0n) is 16.4. The highest BCUT2D eigenvalue weighted by molar-refractivity contribution is 7.95. The predicted molar refractivity (Wildman–Crippen MR) is 109 cm³/mol. The summed E-state index contributed by atoms with van der Waals surface area (Å²) in [5.74, 6) is -0.976. The molecular formula is C19H29N3O4S. The van der Waals surface area contributed by atoms with Gasteiger partial charge in [0.05, 0.1) is 17.4 Å². The van der Waals surface area contributed by atoms with Crippen molar-refractivity contribution in [2.24, 2.45) is 0 Å². The van der Waals surface area contributed by atoms with Crippen LogP contribution < -0.4 is 14.4 Å². The Kier molecular flexibility index (Phi) is 7.79. The third kappa shape index (κ3) is 5.52. The van der Waals surface area contributed by atoms with Crippen LogP contribution in [0.3, 0.4) is 0 Å². The second kappa shape index (κ2) is 9.85. The number of benzene rings is 1. The summed E-state index contributed by atoms with van der Waals surface area (Å²) in [5, 5.41) is 9.54. The molecule has 0 aromatic heterocycles. The fraction of sp³-hybridized carbons (Fsp3) is 0.579. The Morgan fingerprint density at radius 3 is 2.37 bits per heavy atom. The first kappa shape index (κ1) is 21.4. The zero-order chi connectivity index (χ0) is 20.0. The van der Waals surface area contributed by atoms with E-state index in [4.69, 9.17) is 4.74 Å². The van der Waals surface area contributed by atoms with E-state index < -0.39 is 5.97 Å². The number of nitrogens with zero attached hydrogens (tertiary/aromatic N) is 2. The maximum absolute atomic E-state index is 13.0. The number of carbonyl (C=O) groups is 2. The van der Waals surface area contributed by atoms with Crippen molar-refractivity contribution < 1.29 is 19.4 Å². The number of rotatable bonds is 9. The van der Waals surface area contributed by atoms with Crippen LogP contribution in [0.25, 0.3) is 0 Å². The molecule has 1 aromatic rings. The molecule has 0 unspecified atom stereocenters. The molecule has 0 radical (unpaired) electrons. The van der Waals surface area contributed by atoms with Crippen LogP contribution in [0.2, 0.25) is 0 Å². The first-order chi connectivity index (χ1) is 12.9. The summed E-state index contributed by atoms with van der Waals surface area (Å²) in [6.07, 6.45) is 4.04. The monoisotopic (exact) mass is 395 g/mol. The molecule has 1 amide bonds. The van der Waals surface area contributed by atoms with Crippen molar-refractivity contribution in [2.45, 2.75) is 45.6 Å². The topological polar surface area (TPSA) is 82.1 Å². The second-order valence-electron chi connectivity index (χ2n) is 6.71. The predicted octanol–water partition coefficient (Wildman–Crippen LogP) is 3.41. The van der Waals surface area contributed by atoms with E-state index in [1.807, 2.05) is 32.8 Å². The van der Waals surface area contributed by atoms with Gasteiger partial charge in [0.15, 0.2) is 0 Å². The number of carboxylic acids is 1. The molecule has 0 atom stereocenters. The van der Waals surface area contributed by atoms with Crippen molar-refractivity contribution in [1.82, 2.24) is 9.03 Å². The van der Waals surface area contributed by atoms with Gasteiger partial charge in [0.1, 0.15) is 11.3 Å². The molecule has 150 valence electrons. The van der Waals surface area contributed by atoms with Gasteiger partial charge in [0.25, 0.3) is 5.91 Å². The van der Waals surface area contributed by atoms with Crippen molar-refractivity contribution >= 4 is 29.7 Å². The van der Waals surface area contributed by atoms with Gasteiger partial charge in [0.2, 0.25) is 0 Å². The van der Waals surface area contributed by atoms with Crippen LogP contribution in [-0.2, 0) is 0 Å². The van der Waals surface area contributed by atoms with Crippen LogP contribution in [0.4, 0.5) is 5.69 Å². The van der Waals surface area contributed by atoms with E-state index in [2.05, 4.69) is 4.72 Å². The smallest absolute Gasteiger partial charge is 0.335 e. The SMILES string of the molecule is CCN(CC)c1cc(C(=O)O)cc(OC2CCCC2)c1C(=O)NSN(C)C. The van der Waals surface area contributed by atoms with E-state index in [-0.39, 0.29) is 17.6 Å².